The van der Waals surface area contributed by atoms with E-state index in [0.717, 1.165) is 19.1 Å². The monoisotopic (exact) mass is 838 g/mol. The Hall–Kier alpha value is -1.88. The normalized spacial score (nSPS) is 12.4. The molecule has 4 aromatic rings. The van der Waals surface area contributed by atoms with Crippen LogP contribution in [-0.2, 0) is 49.5 Å². The van der Waals surface area contributed by atoms with E-state index in [0.29, 0.717) is 18.2 Å². The van der Waals surface area contributed by atoms with E-state index in [-0.39, 0.29) is 111 Å². The van der Waals surface area contributed by atoms with E-state index in [4.69, 9.17) is 4.55 Å². The maximum Gasteiger partial charge on any atom is 1.00 e. The summed E-state index contributed by atoms with van der Waals surface area (Å²) < 4.78 is 128. The fraction of sp³-hybridized carbons (Fsp3) is 0.111. The summed E-state index contributed by atoms with van der Waals surface area (Å²) in [5.41, 5.74) is -1.60. The average molecular weight is 839 g/mol. The second kappa shape index (κ2) is 19.3. The van der Waals surface area contributed by atoms with Crippen LogP contribution >= 0.6 is 0 Å². The van der Waals surface area contributed by atoms with Crippen molar-refractivity contribution in [3.63, 3.8) is 0 Å². The van der Waals surface area contributed by atoms with E-state index >= 15 is 0 Å². The predicted molar refractivity (Wildman–Crippen MR) is 168 cm³/mol. The van der Waals surface area contributed by atoms with Crippen molar-refractivity contribution in [2.45, 2.75) is 21.6 Å². The van der Waals surface area contributed by atoms with Crippen LogP contribution in [0.1, 0.15) is 12.5 Å². The zero-order valence-corrected chi connectivity index (χ0v) is 37.2. The molecule has 1 amide bonds. The third-order valence-electron chi connectivity index (χ3n) is 6.35. The fourth-order valence-electron chi connectivity index (χ4n) is 4.24. The van der Waals surface area contributed by atoms with E-state index in [9.17, 15) is 57.8 Å². The number of amides is 1. The molecule has 4 rings (SSSR count). The summed E-state index contributed by atoms with van der Waals surface area (Å²) in [5, 5.41) is 34.9. The van der Waals surface area contributed by atoms with Gasteiger partial charge in [-0.1, -0.05) is 23.9 Å². The number of carbonyl (C=O) groups is 1. The molecule has 0 spiro atoms. The second-order valence-electron chi connectivity index (χ2n) is 9.96. The molecule has 0 saturated heterocycles. The van der Waals surface area contributed by atoms with Crippen LogP contribution in [-0.4, -0.2) is 71.5 Å². The SMILES string of the molecule is CC(=O)Nc1cc(S(=O)(=O)[O-])cc2cc(S(=O)(=O)O)c(N=Nc3ccc(C([O-])=Nc4cccc(S(=O)(=O)CCOS(=O)(=O)O)c4)cc3)c([O-])c12.[Na+].[Na+].[Na+]. The zero-order chi connectivity index (χ0) is 37.2. The third kappa shape index (κ3) is 13.4. The van der Waals surface area contributed by atoms with Crippen LogP contribution in [0.25, 0.3) is 10.8 Å². The number of rotatable bonds is 12. The molecule has 0 unspecified atom stereocenters. The minimum atomic E-state index is -5.21. The predicted octanol–water partition coefficient (Wildman–Crippen LogP) is -7.52. The van der Waals surface area contributed by atoms with Crippen LogP contribution in [0.2, 0.25) is 0 Å². The first-order chi connectivity index (χ1) is 23.0. The molecular formula is C27H21N4Na3O15S4. The van der Waals surface area contributed by atoms with Crippen LogP contribution in [0, 0.1) is 0 Å². The Morgan fingerprint density at radius 2 is 1.45 bits per heavy atom. The van der Waals surface area contributed by atoms with Crippen molar-refractivity contribution in [1.29, 1.82) is 0 Å². The standard InChI is InChI=1S/C27H24N4O15S4.3Na/c1-15(32)28-22-14-21(48(37,38)39)11-17-12-23(49(40,41)42)25(26(33)24(17)22)31-30-18-7-5-16(6-8-18)27(34)29-19-3-2-4-20(13-19)47(35,36)10-9-46-50(43,44)45;;;/h2-8,11-14,33H,9-10H2,1H3,(H,28,32)(H,29,34)(H,37,38,39)(H,40,41,42)(H,43,44,45);;;/q;3*+1/p-3. The number of anilines is 1. The summed E-state index contributed by atoms with van der Waals surface area (Å²) in [5.74, 6) is -3.68. The molecule has 0 aliphatic carbocycles. The molecular weight excluding hydrogens is 818 g/mol. The molecule has 0 aliphatic heterocycles. The summed E-state index contributed by atoms with van der Waals surface area (Å²) in [4.78, 5) is 13.2. The summed E-state index contributed by atoms with van der Waals surface area (Å²) >= 11 is 0. The van der Waals surface area contributed by atoms with Crippen molar-refractivity contribution >= 4 is 85.8 Å². The molecule has 0 aliphatic rings. The van der Waals surface area contributed by atoms with Gasteiger partial charge in [0, 0.05) is 12.6 Å². The number of fused-ring (bicyclic) bond motifs is 1. The smallest absolute Gasteiger partial charge is 0.870 e. The Balaban J connectivity index is 0.00000468. The number of carbonyl (C=O) groups excluding carboxylic acids is 1. The van der Waals surface area contributed by atoms with Crippen LogP contribution in [0.15, 0.2) is 96.6 Å². The molecule has 19 nitrogen and oxygen atoms in total. The van der Waals surface area contributed by atoms with Crippen molar-refractivity contribution < 1.29 is 155 Å². The minimum Gasteiger partial charge on any atom is -0.870 e. The molecule has 0 bridgehead atoms. The van der Waals surface area contributed by atoms with Gasteiger partial charge < -0.3 is 20.1 Å². The Bertz CT molecular complexity index is 2530. The number of hydrogen-bond donors (Lipinski definition) is 3. The zero-order valence-electron chi connectivity index (χ0n) is 27.9. The van der Waals surface area contributed by atoms with E-state index in [1.54, 1.807) is 0 Å². The first kappa shape index (κ1) is 49.1. The van der Waals surface area contributed by atoms with Gasteiger partial charge in [-0.15, -0.1) is 5.11 Å². The average Bonchev–Trinajstić information content (AvgIpc) is 2.98. The van der Waals surface area contributed by atoms with Gasteiger partial charge in [-0.05, 0) is 70.8 Å². The summed E-state index contributed by atoms with van der Waals surface area (Å²) in [6.07, 6.45) is 0. The maximum atomic E-state index is 13.4. The number of nitrogens with one attached hydrogen (secondary N) is 1. The number of azo groups is 1. The first-order valence-corrected chi connectivity index (χ1v) is 19.2. The van der Waals surface area contributed by atoms with Crippen LogP contribution in [0.4, 0.5) is 22.7 Å². The van der Waals surface area contributed by atoms with Crippen molar-refractivity contribution in [3.05, 3.63) is 72.3 Å². The van der Waals surface area contributed by atoms with E-state index in [2.05, 4.69) is 24.7 Å². The number of nitrogens with zero attached hydrogens (tertiary/aromatic N) is 3. The molecule has 266 valence electrons. The molecule has 0 fully saturated rings. The Morgan fingerprint density at radius 3 is 2.00 bits per heavy atom. The van der Waals surface area contributed by atoms with E-state index in [1.165, 1.54) is 36.4 Å². The van der Waals surface area contributed by atoms with Gasteiger partial charge in [0.15, 0.2) is 9.84 Å². The molecule has 0 saturated carbocycles. The van der Waals surface area contributed by atoms with E-state index < -0.39 is 102 Å². The molecule has 53 heavy (non-hydrogen) atoms. The maximum absolute atomic E-state index is 13.4. The van der Waals surface area contributed by atoms with E-state index in [1.807, 2.05) is 0 Å². The molecule has 26 heteroatoms. The quantitative estimate of drug-likeness (QED) is 0.0392. The number of aliphatic imine (C=N–C) groups is 1. The third-order valence-corrected chi connectivity index (χ3v) is 10.2. The van der Waals surface area contributed by atoms with Crippen molar-refractivity contribution in [2.75, 3.05) is 17.7 Å². The first-order valence-electron chi connectivity index (χ1n) is 13.3. The summed E-state index contributed by atoms with van der Waals surface area (Å²) in [7, 11) is -19.3. The van der Waals surface area contributed by atoms with Gasteiger partial charge >= 0.3 is 99.1 Å². The molecule has 0 aromatic heterocycles. The van der Waals surface area contributed by atoms with Gasteiger partial charge in [-0.2, -0.15) is 21.9 Å². The van der Waals surface area contributed by atoms with Gasteiger partial charge in [0.2, 0.25) is 5.91 Å². The van der Waals surface area contributed by atoms with Gasteiger partial charge in [0.1, 0.15) is 15.0 Å². The van der Waals surface area contributed by atoms with Gasteiger partial charge in [-0.3, -0.25) is 18.9 Å². The Labute approximate surface area is 369 Å². The second-order valence-corrected chi connectivity index (χ2v) is 15.9. The Morgan fingerprint density at radius 1 is 0.830 bits per heavy atom. The molecule has 3 N–H and O–H groups in total. The van der Waals surface area contributed by atoms with Crippen molar-refractivity contribution in [3.8, 4) is 5.75 Å². The van der Waals surface area contributed by atoms with Crippen LogP contribution in [0.5, 0.6) is 5.75 Å². The van der Waals surface area contributed by atoms with Crippen molar-refractivity contribution in [1.82, 2.24) is 0 Å². The summed E-state index contributed by atoms with van der Waals surface area (Å²) in [6, 6.07) is 11.6. The number of hydrogen-bond acceptors (Lipinski definition) is 16. The largest absolute Gasteiger partial charge is 1.00 e. The minimum absolute atomic E-state index is 0. The number of benzene rings is 4. The summed E-state index contributed by atoms with van der Waals surface area (Å²) in [6.45, 7) is 0.147. The van der Waals surface area contributed by atoms with Gasteiger partial charge in [0.05, 0.1) is 39.2 Å². The van der Waals surface area contributed by atoms with Gasteiger partial charge in [-0.25, -0.2) is 21.0 Å². The molecule has 4 aromatic carbocycles. The molecule has 0 radical (unpaired) electrons. The molecule has 0 heterocycles. The van der Waals surface area contributed by atoms with Gasteiger partial charge in [0.25, 0.3) is 10.1 Å². The number of sulfone groups is 1. The van der Waals surface area contributed by atoms with Crippen LogP contribution < -0.4 is 104 Å². The fourth-order valence-corrected chi connectivity index (χ4v) is 6.95. The van der Waals surface area contributed by atoms with Crippen LogP contribution in [0.3, 0.4) is 0 Å². The van der Waals surface area contributed by atoms with Crippen molar-refractivity contribution in [2.24, 2.45) is 15.2 Å². The topological polar surface area (TPSA) is 322 Å². The Kier molecular flexibility index (Phi) is 17.9. The molecule has 0 atom stereocenters.